The number of Topliss-reactive ketones (excluding diaryl/α,β-unsaturated/α-hetero) is 1. The number of carbonyl (C=O) groups excluding carboxylic acids is 1. The van der Waals surface area contributed by atoms with Crippen LogP contribution in [-0.4, -0.2) is 26.8 Å². The lowest BCUT2D eigenvalue weighted by atomic mass is 9.93. The van der Waals surface area contributed by atoms with Crippen LogP contribution in [0, 0.1) is 0 Å². The molecule has 2 aromatic heterocycles. The van der Waals surface area contributed by atoms with E-state index in [2.05, 4.69) is 12.1 Å². The number of carboxylic acid groups (broad SMARTS) is 1. The third kappa shape index (κ3) is 4.04. The van der Waals surface area contributed by atoms with Gasteiger partial charge in [0.15, 0.2) is 5.78 Å². The molecule has 0 fully saturated rings. The van der Waals surface area contributed by atoms with Gasteiger partial charge in [0, 0.05) is 5.56 Å². The Morgan fingerprint density at radius 2 is 1.31 bits per heavy atom. The highest BCUT2D eigenvalue weighted by atomic mass is 32.1. The van der Waals surface area contributed by atoms with Crippen LogP contribution in [-0.2, 0) is 11.2 Å². The maximum absolute atomic E-state index is 12.6. The van der Waals surface area contributed by atoms with Crippen LogP contribution in [0.3, 0.4) is 0 Å². The van der Waals surface area contributed by atoms with E-state index in [4.69, 9.17) is 15.1 Å². The van der Waals surface area contributed by atoms with E-state index >= 15 is 0 Å². The van der Waals surface area contributed by atoms with Crippen molar-refractivity contribution >= 4 is 54.9 Å². The maximum atomic E-state index is 12.6. The number of para-hydroxylation sites is 2. The van der Waals surface area contributed by atoms with Gasteiger partial charge in [-0.2, -0.15) is 0 Å². The third-order valence-electron chi connectivity index (χ3n) is 5.27. The number of carbonyl (C=O) groups is 2. The predicted molar refractivity (Wildman–Crippen MR) is 128 cm³/mol. The van der Waals surface area contributed by atoms with Gasteiger partial charge in [0.1, 0.15) is 16.4 Å². The Morgan fingerprint density at radius 1 is 0.781 bits per heavy atom. The molecule has 0 amide bonds. The summed E-state index contributed by atoms with van der Waals surface area (Å²) in [5.74, 6) is -1.65. The molecule has 0 saturated carbocycles. The number of carboxylic acids is 1. The summed E-state index contributed by atoms with van der Waals surface area (Å²) in [5, 5.41) is 11.0. The molecule has 5 rings (SSSR count). The van der Waals surface area contributed by atoms with Crippen molar-refractivity contribution in [3.05, 3.63) is 93.9 Å². The summed E-state index contributed by atoms with van der Waals surface area (Å²) in [5.41, 5.74) is 3.13. The van der Waals surface area contributed by atoms with Gasteiger partial charge in [0.05, 0.1) is 26.4 Å². The van der Waals surface area contributed by atoms with Crippen molar-refractivity contribution in [1.82, 2.24) is 9.97 Å². The summed E-state index contributed by atoms with van der Waals surface area (Å²) in [6.45, 7) is 0. The summed E-state index contributed by atoms with van der Waals surface area (Å²) >= 11 is 3.26. The van der Waals surface area contributed by atoms with Crippen LogP contribution in [0.25, 0.3) is 20.4 Å². The highest BCUT2D eigenvalue weighted by molar-refractivity contribution is 7.20. The molecule has 5 aromatic rings. The molecule has 158 valence electrons. The van der Waals surface area contributed by atoms with Crippen LogP contribution in [0.1, 0.15) is 38.3 Å². The predicted octanol–water partition coefficient (Wildman–Crippen LogP) is 5.94. The molecule has 0 spiro atoms. The molecule has 0 aliphatic heterocycles. The lowest BCUT2D eigenvalue weighted by Gasteiger charge is -2.14. The fourth-order valence-corrected chi connectivity index (χ4v) is 6.00. The number of benzene rings is 3. The molecule has 0 atom stereocenters. The zero-order valence-electron chi connectivity index (χ0n) is 16.9. The van der Waals surface area contributed by atoms with Gasteiger partial charge in [-0.25, -0.2) is 9.97 Å². The number of thiazole rings is 2. The van der Waals surface area contributed by atoms with E-state index in [1.165, 1.54) is 0 Å². The van der Waals surface area contributed by atoms with Gasteiger partial charge in [-0.05, 0) is 36.2 Å². The minimum absolute atomic E-state index is 0.136. The normalized spacial score (nSPS) is 11.4. The van der Waals surface area contributed by atoms with Gasteiger partial charge in [-0.1, -0.05) is 48.5 Å². The van der Waals surface area contributed by atoms with Crippen LogP contribution in [0.5, 0.6) is 0 Å². The largest absolute Gasteiger partial charge is 0.481 e. The first-order valence-electron chi connectivity index (χ1n) is 10.1. The maximum Gasteiger partial charge on any atom is 0.311 e. The SMILES string of the molecule is O=C(O)CC(=O)c1ccccc1CC(c1nc2ccccc2s1)c1nc2ccccc2s1. The first-order valence-corrected chi connectivity index (χ1v) is 11.8. The first kappa shape index (κ1) is 20.5. The second-order valence-electron chi connectivity index (χ2n) is 7.45. The zero-order chi connectivity index (χ0) is 22.1. The number of aromatic nitrogens is 2. The number of hydrogen-bond acceptors (Lipinski definition) is 6. The fraction of sp³-hybridized carbons (Fsp3) is 0.120. The topological polar surface area (TPSA) is 80.1 Å². The van der Waals surface area contributed by atoms with Crippen molar-refractivity contribution in [3.63, 3.8) is 0 Å². The molecule has 3 aromatic carbocycles. The molecule has 2 heterocycles. The average Bonchev–Trinajstić information content (AvgIpc) is 3.41. The van der Waals surface area contributed by atoms with Crippen LogP contribution < -0.4 is 0 Å². The molecule has 1 N–H and O–H groups in total. The Balaban J connectivity index is 1.61. The monoisotopic (exact) mass is 458 g/mol. The molecule has 0 unspecified atom stereocenters. The van der Waals surface area contributed by atoms with E-state index in [0.717, 1.165) is 36.0 Å². The Bertz CT molecular complexity index is 1310. The highest BCUT2D eigenvalue weighted by Crippen LogP contribution is 2.38. The van der Waals surface area contributed by atoms with Crippen LogP contribution >= 0.6 is 22.7 Å². The highest BCUT2D eigenvalue weighted by Gasteiger charge is 2.25. The van der Waals surface area contributed by atoms with Crippen molar-refractivity contribution in [2.75, 3.05) is 0 Å². The minimum Gasteiger partial charge on any atom is -0.481 e. The second-order valence-corrected chi connectivity index (χ2v) is 9.57. The number of nitrogens with zero attached hydrogens (tertiary/aromatic N) is 2. The third-order valence-corrected chi connectivity index (χ3v) is 7.57. The van der Waals surface area contributed by atoms with Gasteiger partial charge in [0.25, 0.3) is 0 Å². The number of ketones is 1. The number of hydrogen-bond donors (Lipinski definition) is 1. The van der Waals surface area contributed by atoms with E-state index in [-0.39, 0.29) is 11.7 Å². The zero-order valence-corrected chi connectivity index (χ0v) is 18.5. The van der Waals surface area contributed by atoms with Crippen molar-refractivity contribution in [2.24, 2.45) is 0 Å². The van der Waals surface area contributed by atoms with E-state index in [9.17, 15) is 9.59 Å². The first-order chi connectivity index (χ1) is 15.6. The minimum atomic E-state index is -1.13. The Labute approximate surface area is 192 Å². The van der Waals surface area contributed by atoms with Gasteiger partial charge in [-0.3, -0.25) is 9.59 Å². The van der Waals surface area contributed by atoms with Crippen LogP contribution in [0.15, 0.2) is 72.8 Å². The Hall–Kier alpha value is -3.42. The average molecular weight is 459 g/mol. The van der Waals surface area contributed by atoms with Gasteiger partial charge >= 0.3 is 5.97 Å². The summed E-state index contributed by atoms with van der Waals surface area (Å²) in [6, 6.07) is 23.3. The van der Waals surface area contributed by atoms with E-state index in [1.807, 2.05) is 48.5 Å². The molecular weight excluding hydrogens is 440 g/mol. The molecule has 0 radical (unpaired) electrons. The summed E-state index contributed by atoms with van der Waals surface area (Å²) in [4.78, 5) is 33.5. The van der Waals surface area contributed by atoms with E-state index < -0.39 is 12.4 Å². The molecule has 5 nitrogen and oxygen atoms in total. The van der Waals surface area contributed by atoms with Crippen molar-refractivity contribution in [2.45, 2.75) is 18.8 Å². The molecule has 0 aliphatic carbocycles. The summed E-state index contributed by atoms with van der Waals surface area (Å²) in [6.07, 6.45) is -0.00880. The van der Waals surface area contributed by atoms with Crippen LogP contribution in [0.2, 0.25) is 0 Å². The van der Waals surface area contributed by atoms with Gasteiger partial charge < -0.3 is 5.11 Å². The molecule has 0 aliphatic rings. The number of rotatable bonds is 7. The van der Waals surface area contributed by atoms with Gasteiger partial charge in [-0.15, -0.1) is 22.7 Å². The molecule has 32 heavy (non-hydrogen) atoms. The molecule has 0 bridgehead atoms. The van der Waals surface area contributed by atoms with Crippen molar-refractivity contribution < 1.29 is 14.7 Å². The van der Waals surface area contributed by atoms with Crippen molar-refractivity contribution in [1.29, 1.82) is 0 Å². The number of fused-ring (bicyclic) bond motifs is 2. The standard InChI is InChI=1S/C25H18N2O3S2/c28-20(14-23(29)30)16-8-2-1-7-15(16)13-17(24-26-18-9-3-5-11-21(18)31-24)25-27-19-10-4-6-12-22(19)32-25/h1-12,17H,13-14H2,(H,29,30). The van der Waals surface area contributed by atoms with Crippen molar-refractivity contribution in [3.8, 4) is 0 Å². The Morgan fingerprint density at radius 3 is 1.88 bits per heavy atom. The molecule has 0 saturated heterocycles. The van der Waals surface area contributed by atoms with Crippen LogP contribution in [0.4, 0.5) is 0 Å². The van der Waals surface area contributed by atoms with Gasteiger partial charge in [0.2, 0.25) is 0 Å². The number of aliphatic carboxylic acids is 1. The summed E-state index contributed by atoms with van der Waals surface area (Å²) < 4.78 is 2.20. The quantitative estimate of drug-likeness (QED) is 0.241. The smallest absolute Gasteiger partial charge is 0.311 e. The lowest BCUT2D eigenvalue weighted by Crippen LogP contribution is -2.12. The fourth-order valence-electron chi connectivity index (χ4n) is 3.78. The Kier molecular flexibility index (Phi) is 5.51. The van der Waals surface area contributed by atoms with E-state index in [0.29, 0.717) is 12.0 Å². The molecule has 7 heteroatoms. The summed E-state index contributed by atoms with van der Waals surface area (Å²) in [7, 11) is 0. The second kappa shape index (κ2) is 8.61. The lowest BCUT2D eigenvalue weighted by molar-refractivity contribution is -0.135. The van der Waals surface area contributed by atoms with E-state index in [1.54, 1.807) is 34.8 Å². The molecular formula is C25H18N2O3S2.